The van der Waals surface area contributed by atoms with Gasteiger partial charge in [-0.3, -0.25) is 0 Å². The first kappa shape index (κ1) is 18.1. The molecule has 1 atom stereocenters. The summed E-state index contributed by atoms with van der Waals surface area (Å²) in [5.74, 6) is 1.70. The Balaban J connectivity index is 1.84. The Morgan fingerprint density at radius 1 is 1.28 bits per heavy atom. The minimum absolute atomic E-state index is 0.0572. The Bertz CT molecular complexity index is 797. The van der Waals surface area contributed by atoms with E-state index in [0.717, 1.165) is 32.8 Å². The predicted octanol–water partition coefficient (Wildman–Crippen LogP) is 5.35. The van der Waals surface area contributed by atoms with E-state index in [2.05, 4.69) is 27.3 Å². The summed E-state index contributed by atoms with van der Waals surface area (Å²) in [4.78, 5) is 14.7. The number of halogens is 1. The Labute approximate surface area is 161 Å². The van der Waals surface area contributed by atoms with Crippen molar-refractivity contribution in [1.82, 2.24) is 4.90 Å². The van der Waals surface area contributed by atoms with Crippen molar-refractivity contribution in [2.45, 2.75) is 19.2 Å². The van der Waals surface area contributed by atoms with Gasteiger partial charge in [-0.25, -0.2) is 4.79 Å². The number of hydrogen-bond donors (Lipinski definition) is 1. The zero-order valence-corrected chi connectivity index (χ0v) is 16.9. The van der Waals surface area contributed by atoms with Gasteiger partial charge in [-0.1, -0.05) is 33.6 Å². The molecule has 0 saturated carbocycles. The van der Waals surface area contributed by atoms with Crippen LogP contribution in [0.15, 0.2) is 40.9 Å². The van der Waals surface area contributed by atoms with Gasteiger partial charge in [-0.2, -0.15) is 0 Å². The molecule has 1 heterocycles. The maximum Gasteiger partial charge on any atom is 0.323 e. The van der Waals surface area contributed by atoms with E-state index in [0.29, 0.717) is 6.54 Å². The molecule has 1 saturated heterocycles. The highest BCUT2D eigenvalue weighted by atomic mass is 79.9. The Kier molecular flexibility index (Phi) is 5.59. The first-order chi connectivity index (χ1) is 12.0. The fourth-order valence-electron chi connectivity index (χ4n) is 2.97. The van der Waals surface area contributed by atoms with Crippen LogP contribution in [0.25, 0.3) is 0 Å². The first-order valence-electron chi connectivity index (χ1n) is 8.09. The molecule has 6 heteroatoms. The van der Waals surface area contributed by atoms with Crippen LogP contribution in [0.3, 0.4) is 0 Å². The molecule has 25 heavy (non-hydrogen) atoms. The third kappa shape index (κ3) is 3.96. The van der Waals surface area contributed by atoms with Crippen LogP contribution in [0.4, 0.5) is 10.5 Å². The smallest absolute Gasteiger partial charge is 0.323 e. The summed E-state index contributed by atoms with van der Waals surface area (Å²) in [7, 11) is 1.66. The minimum atomic E-state index is -0.0796. The monoisotopic (exact) mass is 420 g/mol. The Morgan fingerprint density at radius 3 is 2.80 bits per heavy atom. The van der Waals surface area contributed by atoms with Gasteiger partial charge in [-0.05, 0) is 43.7 Å². The number of amides is 2. The zero-order chi connectivity index (χ0) is 18.0. The van der Waals surface area contributed by atoms with Crippen LogP contribution in [-0.2, 0) is 0 Å². The van der Waals surface area contributed by atoms with Crippen molar-refractivity contribution in [2.75, 3.05) is 24.7 Å². The number of benzene rings is 2. The molecule has 1 aliphatic rings. The average Bonchev–Trinajstić information content (AvgIpc) is 3.07. The SMILES string of the molecule is COc1ccc(Br)cc1C1SCCN1C(=O)Nc1ccc(C)cc1C. The second-order valence-electron chi connectivity index (χ2n) is 6.05. The largest absolute Gasteiger partial charge is 0.496 e. The third-order valence-electron chi connectivity index (χ3n) is 4.23. The number of thioether (sulfide) groups is 1. The van der Waals surface area contributed by atoms with E-state index >= 15 is 0 Å². The lowest BCUT2D eigenvalue weighted by molar-refractivity contribution is 0.213. The van der Waals surface area contributed by atoms with E-state index in [1.165, 1.54) is 5.56 Å². The lowest BCUT2D eigenvalue weighted by Gasteiger charge is -2.26. The highest BCUT2D eigenvalue weighted by molar-refractivity contribution is 9.10. The van der Waals surface area contributed by atoms with Crippen LogP contribution < -0.4 is 10.1 Å². The molecule has 2 aromatic carbocycles. The summed E-state index contributed by atoms with van der Waals surface area (Å²) in [6.07, 6.45) is 0. The van der Waals surface area contributed by atoms with Gasteiger partial charge in [0.25, 0.3) is 0 Å². The molecule has 4 nitrogen and oxygen atoms in total. The molecule has 3 rings (SSSR count). The first-order valence-corrected chi connectivity index (χ1v) is 9.93. The normalized spacial score (nSPS) is 16.8. The van der Waals surface area contributed by atoms with Gasteiger partial charge in [0.1, 0.15) is 11.1 Å². The highest BCUT2D eigenvalue weighted by Gasteiger charge is 2.33. The number of hydrogen-bond acceptors (Lipinski definition) is 3. The summed E-state index contributed by atoms with van der Waals surface area (Å²) >= 11 is 5.27. The van der Waals surface area contributed by atoms with Gasteiger partial charge < -0.3 is 15.0 Å². The van der Waals surface area contributed by atoms with Gasteiger partial charge in [0.2, 0.25) is 0 Å². The number of anilines is 1. The molecular weight excluding hydrogens is 400 g/mol. The number of aryl methyl sites for hydroxylation is 2. The van der Waals surface area contributed by atoms with Crippen molar-refractivity contribution in [1.29, 1.82) is 0 Å². The number of nitrogens with one attached hydrogen (secondary N) is 1. The van der Waals surface area contributed by atoms with E-state index in [-0.39, 0.29) is 11.4 Å². The van der Waals surface area contributed by atoms with Crippen molar-refractivity contribution in [3.63, 3.8) is 0 Å². The van der Waals surface area contributed by atoms with Crippen LogP contribution in [0.1, 0.15) is 22.1 Å². The van der Waals surface area contributed by atoms with Gasteiger partial charge >= 0.3 is 6.03 Å². The second kappa shape index (κ2) is 7.70. The summed E-state index contributed by atoms with van der Waals surface area (Å²) in [5.41, 5.74) is 4.11. The summed E-state index contributed by atoms with van der Waals surface area (Å²) in [6.45, 7) is 4.77. The zero-order valence-electron chi connectivity index (χ0n) is 14.5. The number of carbonyl (C=O) groups excluding carboxylic acids is 1. The van der Waals surface area contributed by atoms with E-state index in [1.807, 2.05) is 49.1 Å². The minimum Gasteiger partial charge on any atom is -0.496 e. The average molecular weight is 421 g/mol. The maximum absolute atomic E-state index is 12.9. The maximum atomic E-state index is 12.9. The van der Waals surface area contributed by atoms with Crippen molar-refractivity contribution in [3.8, 4) is 5.75 Å². The van der Waals surface area contributed by atoms with E-state index in [4.69, 9.17) is 4.74 Å². The van der Waals surface area contributed by atoms with Gasteiger partial charge in [-0.15, -0.1) is 11.8 Å². The lowest BCUT2D eigenvalue weighted by Crippen LogP contribution is -2.34. The molecule has 1 aliphatic heterocycles. The number of nitrogens with zero attached hydrogens (tertiary/aromatic N) is 1. The topological polar surface area (TPSA) is 41.6 Å². The van der Waals surface area contributed by atoms with E-state index < -0.39 is 0 Å². The quantitative estimate of drug-likeness (QED) is 0.726. The molecule has 0 radical (unpaired) electrons. The van der Waals surface area contributed by atoms with E-state index in [9.17, 15) is 4.79 Å². The van der Waals surface area contributed by atoms with Crippen molar-refractivity contribution in [3.05, 3.63) is 57.6 Å². The molecule has 2 aromatic rings. The number of ether oxygens (including phenoxy) is 1. The standard InChI is InChI=1S/C19H21BrN2O2S/c1-12-4-6-16(13(2)10-12)21-19(23)22-8-9-25-18(22)15-11-14(20)5-7-17(15)24-3/h4-7,10-11,18H,8-9H2,1-3H3,(H,21,23). The van der Waals surface area contributed by atoms with Gasteiger partial charge in [0.05, 0.1) is 7.11 Å². The second-order valence-corrected chi connectivity index (χ2v) is 8.16. The lowest BCUT2D eigenvalue weighted by atomic mass is 10.1. The highest BCUT2D eigenvalue weighted by Crippen LogP contribution is 2.43. The van der Waals surface area contributed by atoms with Crippen molar-refractivity contribution >= 4 is 39.4 Å². The summed E-state index contributed by atoms with van der Waals surface area (Å²) in [5, 5.41) is 3.00. The number of rotatable bonds is 3. The molecule has 132 valence electrons. The number of carbonyl (C=O) groups is 1. The fourth-order valence-corrected chi connectivity index (χ4v) is 4.62. The predicted molar refractivity (Wildman–Crippen MR) is 108 cm³/mol. The molecule has 1 fully saturated rings. The van der Waals surface area contributed by atoms with Crippen LogP contribution in [0.2, 0.25) is 0 Å². The molecule has 0 bridgehead atoms. The van der Waals surface area contributed by atoms with E-state index in [1.54, 1.807) is 18.9 Å². The molecule has 1 unspecified atom stereocenters. The van der Waals surface area contributed by atoms with Crippen LogP contribution in [0, 0.1) is 13.8 Å². The molecule has 0 aromatic heterocycles. The van der Waals surface area contributed by atoms with Crippen LogP contribution in [-0.4, -0.2) is 30.3 Å². The fraction of sp³-hybridized carbons (Fsp3) is 0.316. The van der Waals surface area contributed by atoms with Crippen LogP contribution in [0.5, 0.6) is 5.75 Å². The number of urea groups is 1. The number of methoxy groups -OCH3 is 1. The molecule has 0 aliphatic carbocycles. The van der Waals surface area contributed by atoms with Gasteiger partial charge in [0, 0.05) is 28.0 Å². The van der Waals surface area contributed by atoms with Crippen molar-refractivity contribution in [2.24, 2.45) is 0 Å². The third-order valence-corrected chi connectivity index (χ3v) is 5.97. The molecule has 0 spiro atoms. The molecular formula is C19H21BrN2O2S. The Morgan fingerprint density at radius 2 is 2.08 bits per heavy atom. The summed E-state index contributed by atoms with van der Waals surface area (Å²) in [6, 6.07) is 11.9. The van der Waals surface area contributed by atoms with Crippen LogP contribution >= 0.6 is 27.7 Å². The summed E-state index contributed by atoms with van der Waals surface area (Å²) < 4.78 is 6.48. The molecule has 2 amide bonds. The molecule has 1 N–H and O–H groups in total. The van der Waals surface area contributed by atoms with Gasteiger partial charge in [0.15, 0.2) is 0 Å². The van der Waals surface area contributed by atoms with Crippen molar-refractivity contribution < 1.29 is 9.53 Å². The Hall–Kier alpha value is -1.66.